The summed E-state index contributed by atoms with van der Waals surface area (Å²) < 4.78 is 6.88. The SMILES string of the molecule is COc1cc([N+](=O)[O-])ccc1NC(=O)CSc1ncnc2c1cnn2-c1ccc(C)cc1. The zero-order chi connectivity index (χ0) is 22.7. The summed E-state index contributed by atoms with van der Waals surface area (Å²) >= 11 is 1.24. The Bertz CT molecular complexity index is 1310. The van der Waals surface area contributed by atoms with E-state index in [2.05, 4.69) is 20.4 Å². The van der Waals surface area contributed by atoms with Crippen molar-refractivity contribution in [1.29, 1.82) is 0 Å². The molecule has 2 aromatic heterocycles. The fourth-order valence-corrected chi connectivity index (χ4v) is 3.79. The number of methoxy groups -OCH3 is 1. The summed E-state index contributed by atoms with van der Waals surface area (Å²) in [6, 6.07) is 11.9. The highest BCUT2D eigenvalue weighted by Crippen LogP contribution is 2.30. The lowest BCUT2D eigenvalue weighted by Gasteiger charge is -2.10. The number of nitrogens with zero attached hydrogens (tertiary/aromatic N) is 5. The summed E-state index contributed by atoms with van der Waals surface area (Å²) in [5, 5.41) is 19.4. The Morgan fingerprint density at radius 2 is 2.00 bits per heavy atom. The Hall–Kier alpha value is -3.99. The predicted molar refractivity (Wildman–Crippen MR) is 120 cm³/mol. The highest BCUT2D eigenvalue weighted by atomic mass is 32.2. The number of aromatic nitrogens is 4. The van der Waals surface area contributed by atoms with Crippen molar-refractivity contribution in [2.24, 2.45) is 0 Å². The molecule has 0 spiro atoms. The number of nitro groups is 1. The van der Waals surface area contributed by atoms with Gasteiger partial charge in [-0.3, -0.25) is 14.9 Å². The van der Waals surface area contributed by atoms with Gasteiger partial charge in [0, 0.05) is 6.07 Å². The molecule has 32 heavy (non-hydrogen) atoms. The summed E-state index contributed by atoms with van der Waals surface area (Å²) in [5.41, 5.74) is 2.89. The van der Waals surface area contributed by atoms with Crippen molar-refractivity contribution in [3.8, 4) is 11.4 Å². The molecular formula is C21H18N6O4S. The minimum atomic E-state index is -0.527. The Morgan fingerprint density at radius 1 is 1.22 bits per heavy atom. The molecule has 0 saturated heterocycles. The van der Waals surface area contributed by atoms with E-state index >= 15 is 0 Å². The number of non-ortho nitro benzene ring substituents is 1. The van der Waals surface area contributed by atoms with Gasteiger partial charge < -0.3 is 10.1 Å². The number of thioether (sulfide) groups is 1. The van der Waals surface area contributed by atoms with Gasteiger partial charge in [-0.2, -0.15) is 5.10 Å². The fourth-order valence-electron chi connectivity index (χ4n) is 3.03. The van der Waals surface area contributed by atoms with Crippen LogP contribution in [0.3, 0.4) is 0 Å². The van der Waals surface area contributed by atoms with Gasteiger partial charge >= 0.3 is 0 Å². The van der Waals surface area contributed by atoms with Crippen LogP contribution in [0.2, 0.25) is 0 Å². The van der Waals surface area contributed by atoms with E-state index in [1.165, 1.54) is 43.4 Å². The van der Waals surface area contributed by atoms with Crippen molar-refractivity contribution in [3.63, 3.8) is 0 Å². The Kier molecular flexibility index (Phi) is 5.99. The van der Waals surface area contributed by atoms with E-state index in [0.29, 0.717) is 16.4 Å². The third-order valence-electron chi connectivity index (χ3n) is 4.62. The highest BCUT2D eigenvalue weighted by molar-refractivity contribution is 8.00. The lowest BCUT2D eigenvalue weighted by Crippen LogP contribution is -2.15. The number of fused-ring (bicyclic) bond motifs is 1. The number of ether oxygens (including phenoxy) is 1. The third-order valence-corrected chi connectivity index (χ3v) is 5.62. The molecule has 1 amide bonds. The quantitative estimate of drug-likeness (QED) is 0.195. The molecule has 162 valence electrons. The van der Waals surface area contributed by atoms with Crippen molar-refractivity contribution in [3.05, 3.63) is 70.7 Å². The van der Waals surface area contributed by atoms with Crippen LogP contribution in [0.1, 0.15) is 5.56 Å². The molecule has 4 rings (SSSR count). The van der Waals surface area contributed by atoms with Crippen LogP contribution in [0.25, 0.3) is 16.7 Å². The molecule has 0 unspecified atom stereocenters. The van der Waals surface area contributed by atoms with Gasteiger partial charge in [-0.15, -0.1) is 0 Å². The van der Waals surface area contributed by atoms with Gasteiger partial charge in [0.2, 0.25) is 5.91 Å². The molecule has 11 heteroatoms. The lowest BCUT2D eigenvalue weighted by molar-refractivity contribution is -0.384. The first-order valence-electron chi connectivity index (χ1n) is 9.47. The molecule has 0 aliphatic rings. The minimum Gasteiger partial charge on any atom is -0.494 e. The number of hydrogen-bond acceptors (Lipinski definition) is 8. The Labute approximate surface area is 186 Å². The lowest BCUT2D eigenvalue weighted by atomic mass is 10.2. The number of amides is 1. The van der Waals surface area contributed by atoms with Gasteiger partial charge in [0.25, 0.3) is 5.69 Å². The molecule has 0 aliphatic carbocycles. The summed E-state index contributed by atoms with van der Waals surface area (Å²) in [6.07, 6.45) is 3.11. The van der Waals surface area contributed by atoms with Crippen LogP contribution in [0, 0.1) is 17.0 Å². The molecule has 10 nitrogen and oxygen atoms in total. The molecule has 0 aliphatic heterocycles. The summed E-state index contributed by atoms with van der Waals surface area (Å²) in [6.45, 7) is 2.01. The average Bonchev–Trinajstić information content (AvgIpc) is 3.23. The number of nitro benzene ring substituents is 1. The molecule has 0 bridgehead atoms. The van der Waals surface area contributed by atoms with Crippen molar-refractivity contribution in [1.82, 2.24) is 19.7 Å². The van der Waals surface area contributed by atoms with E-state index < -0.39 is 4.92 Å². The number of nitrogens with one attached hydrogen (secondary N) is 1. The van der Waals surface area contributed by atoms with Gasteiger partial charge in [-0.1, -0.05) is 29.5 Å². The summed E-state index contributed by atoms with van der Waals surface area (Å²) in [7, 11) is 1.38. The summed E-state index contributed by atoms with van der Waals surface area (Å²) in [5.74, 6) is -0.0247. The normalized spacial score (nSPS) is 10.8. The zero-order valence-electron chi connectivity index (χ0n) is 17.2. The minimum absolute atomic E-state index is 0.0714. The van der Waals surface area contributed by atoms with Crippen molar-refractivity contribution in [2.45, 2.75) is 11.9 Å². The van der Waals surface area contributed by atoms with E-state index in [4.69, 9.17) is 4.74 Å². The van der Waals surface area contributed by atoms with Gasteiger partial charge in [-0.05, 0) is 25.1 Å². The van der Waals surface area contributed by atoms with Crippen LogP contribution < -0.4 is 10.1 Å². The standard InChI is InChI=1S/C21H18N6O4S/c1-13-3-5-14(6-4-13)26-20-16(10-24-26)21(23-12-22-20)32-11-19(28)25-17-8-7-15(27(29)30)9-18(17)31-2/h3-10,12H,11H2,1-2H3,(H,25,28). The Balaban J connectivity index is 1.49. The molecule has 0 fully saturated rings. The van der Waals surface area contributed by atoms with Crippen LogP contribution in [0.15, 0.2) is 60.0 Å². The summed E-state index contributed by atoms with van der Waals surface area (Å²) in [4.78, 5) is 31.5. The molecule has 0 radical (unpaired) electrons. The number of aryl methyl sites for hydroxylation is 1. The molecular weight excluding hydrogens is 432 g/mol. The first kappa shape index (κ1) is 21.2. The van der Waals surface area contributed by atoms with E-state index in [0.717, 1.165) is 16.6 Å². The van der Waals surface area contributed by atoms with Gasteiger partial charge in [0.1, 0.15) is 17.1 Å². The molecule has 4 aromatic rings. The zero-order valence-corrected chi connectivity index (χ0v) is 18.0. The smallest absolute Gasteiger partial charge is 0.273 e. The second-order valence-corrected chi connectivity index (χ2v) is 7.75. The largest absolute Gasteiger partial charge is 0.494 e. The second-order valence-electron chi connectivity index (χ2n) is 6.79. The van der Waals surface area contributed by atoms with E-state index in [1.807, 2.05) is 31.2 Å². The van der Waals surface area contributed by atoms with Gasteiger partial charge in [0.15, 0.2) is 5.65 Å². The van der Waals surface area contributed by atoms with Crippen LogP contribution >= 0.6 is 11.8 Å². The number of anilines is 1. The van der Waals surface area contributed by atoms with Crippen molar-refractivity contribution >= 4 is 40.1 Å². The van der Waals surface area contributed by atoms with Crippen LogP contribution in [0.4, 0.5) is 11.4 Å². The number of benzene rings is 2. The van der Waals surface area contributed by atoms with Crippen molar-refractivity contribution in [2.75, 3.05) is 18.2 Å². The average molecular weight is 450 g/mol. The molecule has 0 saturated carbocycles. The molecule has 0 atom stereocenters. The fraction of sp³-hybridized carbons (Fsp3) is 0.143. The molecule has 2 aromatic carbocycles. The van der Waals surface area contributed by atoms with Crippen LogP contribution in [-0.4, -0.2) is 43.4 Å². The highest BCUT2D eigenvalue weighted by Gasteiger charge is 2.16. The number of hydrogen-bond donors (Lipinski definition) is 1. The first-order chi connectivity index (χ1) is 15.5. The van der Waals surface area contributed by atoms with Crippen LogP contribution in [0.5, 0.6) is 5.75 Å². The van der Waals surface area contributed by atoms with Crippen molar-refractivity contribution < 1.29 is 14.5 Å². The Morgan fingerprint density at radius 3 is 2.72 bits per heavy atom. The molecule has 1 N–H and O–H groups in total. The third kappa shape index (κ3) is 4.37. The molecule has 2 heterocycles. The first-order valence-corrected chi connectivity index (χ1v) is 10.5. The van der Waals surface area contributed by atoms with Gasteiger partial charge in [0.05, 0.1) is 46.8 Å². The predicted octanol–water partition coefficient (Wildman–Crippen LogP) is 3.77. The maximum atomic E-state index is 12.5. The van der Waals surface area contributed by atoms with E-state index in [-0.39, 0.29) is 23.1 Å². The topological polar surface area (TPSA) is 125 Å². The van der Waals surface area contributed by atoms with Crippen LogP contribution in [-0.2, 0) is 4.79 Å². The maximum absolute atomic E-state index is 12.5. The monoisotopic (exact) mass is 450 g/mol. The number of carbonyl (C=O) groups excluding carboxylic acids is 1. The maximum Gasteiger partial charge on any atom is 0.273 e. The van der Waals surface area contributed by atoms with E-state index in [9.17, 15) is 14.9 Å². The number of carbonyl (C=O) groups is 1. The van der Waals surface area contributed by atoms with E-state index in [1.54, 1.807) is 10.9 Å². The number of rotatable bonds is 7. The van der Waals surface area contributed by atoms with Gasteiger partial charge in [-0.25, -0.2) is 14.6 Å². The second kappa shape index (κ2) is 9.02.